The van der Waals surface area contributed by atoms with Gasteiger partial charge in [-0.15, -0.1) is 0 Å². The molecule has 0 aromatic heterocycles. The summed E-state index contributed by atoms with van der Waals surface area (Å²) in [6.45, 7) is 3.50. The number of ether oxygens (including phenoxy) is 2. The lowest BCUT2D eigenvalue weighted by Crippen LogP contribution is -2.60. The molecule has 1 amide bonds. The van der Waals surface area contributed by atoms with E-state index in [4.69, 9.17) is 9.47 Å². The molecule has 0 aliphatic carbocycles. The maximum atomic E-state index is 12.9. The fourth-order valence-corrected chi connectivity index (χ4v) is 5.98. The van der Waals surface area contributed by atoms with Crippen LogP contribution in [0.4, 0.5) is 0 Å². The first-order valence-electron chi connectivity index (χ1n) is 19.8. The van der Waals surface area contributed by atoms with Crippen molar-refractivity contribution in [2.75, 3.05) is 13.2 Å². The van der Waals surface area contributed by atoms with Crippen molar-refractivity contribution in [1.82, 2.24) is 5.32 Å². The van der Waals surface area contributed by atoms with Crippen LogP contribution < -0.4 is 5.32 Å². The van der Waals surface area contributed by atoms with Crippen LogP contribution in [0.25, 0.3) is 0 Å². The maximum Gasteiger partial charge on any atom is 0.253 e. The van der Waals surface area contributed by atoms with Crippen LogP contribution in [0.5, 0.6) is 0 Å². The highest BCUT2D eigenvalue weighted by Crippen LogP contribution is 2.22. The minimum absolute atomic E-state index is 0.340. The first-order valence-corrected chi connectivity index (χ1v) is 19.8. The summed E-state index contributed by atoms with van der Waals surface area (Å²) in [5.41, 5.74) is 0. The summed E-state index contributed by atoms with van der Waals surface area (Å²) in [4.78, 5) is 12.9. The molecule has 1 heterocycles. The van der Waals surface area contributed by atoms with Gasteiger partial charge in [-0.25, -0.2) is 0 Å². The Bertz CT molecular complexity index is 896. The molecule has 8 atom stereocenters. The molecule has 10 heteroatoms. The van der Waals surface area contributed by atoms with Crippen molar-refractivity contribution in [2.24, 2.45) is 0 Å². The number of hydrogen-bond donors (Lipinski definition) is 7. The van der Waals surface area contributed by atoms with Crippen molar-refractivity contribution < 1.29 is 44.9 Å². The van der Waals surface area contributed by atoms with E-state index in [9.17, 15) is 35.4 Å². The molecule has 1 aliphatic rings. The van der Waals surface area contributed by atoms with Gasteiger partial charge < -0.3 is 45.4 Å². The van der Waals surface area contributed by atoms with Gasteiger partial charge in [0.15, 0.2) is 12.4 Å². The summed E-state index contributed by atoms with van der Waals surface area (Å²) in [5.74, 6) is -0.715. The monoisotopic (exact) mass is 712 g/mol. The van der Waals surface area contributed by atoms with Gasteiger partial charge in [0.2, 0.25) is 0 Å². The molecule has 0 bridgehead atoms. The molecule has 1 saturated heterocycles. The quantitative estimate of drug-likeness (QED) is 0.0342. The molecule has 292 valence electrons. The molecule has 0 aromatic rings. The number of carbonyl (C=O) groups is 1. The highest BCUT2D eigenvalue weighted by Gasteiger charge is 2.44. The number of unbranched alkanes of at least 4 members (excludes halogenated alkanes) is 18. The molecular formula is C40H73NO9. The third kappa shape index (κ3) is 21.7. The van der Waals surface area contributed by atoms with E-state index in [-0.39, 0.29) is 6.61 Å². The molecule has 10 nitrogen and oxygen atoms in total. The molecular weight excluding hydrogens is 638 g/mol. The molecule has 0 unspecified atom stereocenters. The Morgan fingerprint density at radius 3 is 1.70 bits per heavy atom. The van der Waals surface area contributed by atoms with Gasteiger partial charge in [0.05, 0.1) is 25.4 Å². The second-order valence-electron chi connectivity index (χ2n) is 13.9. The van der Waals surface area contributed by atoms with Crippen LogP contribution in [0.2, 0.25) is 0 Å². The van der Waals surface area contributed by atoms with Gasteiger partial charge in [0.1, 0.15) is 24.4 Å². The molecule has 50 heavy (non-hydrogen) atoms. The molecule has 0 aromatic carbocycles. The summed E-state index contributed by atoms with van der Waals surface area (Å²) in [6, 6.07) is -1.02. The van der Waals surface area contributed by atoms with Crippen LogP contribution in [0.3, 0.4) is 0 Å². The second-order valence-corrected chi connectivity index (χ2v) is 13.9. The van der Waals surface area contributed by atoms with Gasteiger partial charge in [-0.05, 0) is 38.5 Å². The number of carbonyl (C=O) groups excluding carboxylic acids is 1. The second kappa shape index (κ2) is 30.9. The molecule has 7 N–H and O–H groups in total. The third-order valence-corrected chi connectivity index (χ3v) is 9.31. The molecule has 0 spiro atoms. The van der Waals surface area contributed by atoms with Crippen LogP contribution >= 0.6 is 0 Å². The number of aliphatic hydroxyl groups is 6. The average molecular weight is 712 g/mol. The number of nitrogens with one attached hydrogen (secondary N) is 1. The Hall–Kier alpha value is -1.63. The van der Waals surface area contributed by atoms with Gasteiger partial charge >= 0.3 is 0 Å². The zero-order chi connectivity index (χ0) is 36.8. The fraction of sp³-hybridized carbons (Fsp3) is 0.825. The molecule has 1 fully saturated rings. The predicted molar refractivity (Wildman–Crippen MR) is 199 cm³/mol. The zero-order valence-electron chi connectivity index (χ0n) is 31.3. The van der Waals surface area contributed by atoms with E-state index in [1.54, 1.807) is 12.2 Å². The SMILES string of the molecule is CCCCCCCCC/C=C/CC/C=C/[C@H](O)[C@H](CO[C@H]1O[C@H](CO)[C@H](O)[C@@H](O)[C@@H]1O)NC(=O)[C@H](O)/C=C/CCCCCCCCCCCC. The first-order chi connectivity index (χ1) is 24.3. The summed E-state index contributed by atoms with van der Waals surface area (Å²) >= 11 is 0. The lowest BCUT2D eigenvalue weighted by atomic mass is 9.99. The van der Waals surface area contributed by atoms with Crippen LogP contribution in [-0.2, 0) is 14.3 Å². The van der Waals surface area contributed by atoms with Crippen LogP contribution in [0.1, 0.15) is 149 Å². The number of aliphatic hydroxyl groups excluding tert-OH is 6. The van der Waals surface area contributed by atoms with E-state index in [2.05, 4.69) is 31.3 Å². The van der Waals surface area contributed by atoms with Crippen molar-refractivity contribution in [3.05, 3.63) is 36.5 Å². The van der Waals surface area contributed by atoms with Gasteiger partial charge in [-0.2, -0.15) is 0 Å². The van der Waals surface area contributed by atoms with Crippen molar-refractivity contribution in [3.8, 4) is 0 Å². The van der Waals surface area contributed by atoms with Gasteiger partial charge in [0, 0.05) is 0 Å². The summed E-state index contributed by atoms with van der Waals surface area (Å²) in [6.07, 6.45) is 25.5. The highest BCUT2D eigenvalue weighted by molar-refractivity contribution is 5.82. The predicted octanol–water partition coefficient (Wildman–Crippen LogP) is 5.91. The van der Waals surface area contributed by atoms with Crippen molar-refractivity contribution in [2.45, 2.75) is 198 Å². The zero-order valence-corrected chi connectivity index (χ0v) is 31.3. The van der Waals surface area contributed by atoms with E-state index in [0.29, 0.717) is 6.42 Å². The Balaban J connectivity index is 2.58. The van der Waals surface area contributed by atoms with Gasteiger partial charge in [0.25, 0.3) is 5.91 Å². The Labute approximate surface area is 303 Å². The van der Waals surface area contributed by atoms with E-state index < -0.39 is 61.5 Å². The van der Waals surface area contributed by atoms with Crippen molar-refractivity contribution >= 4 is 5.91 Å². The Morgan fingerprint density at radius 1 is 0.660 bits per heavy atom. The number of hydrogen-bond acceptors (Lipinski definition) is 9. The summed E-state index contributed by atoms with van der Waals surface area (Å²) in [7, 11) is 0. The van der Waals surface area contributed by atoms with E-state index in [1.807, 2.05) is 6.08 Å². The van der Waals surface area contributed by atoms with Crippen molar-refractivity contribution in [1.29, 1.82) is 0 Å². The third-order valence-electron chi connectivity index (χ3n) is 9.31. The first kappa shape index (κ1) is 46.4. The molecule has 0 radical (unpaired) electrons. The fourth-order valence-electron chi connectivity index (χ4n) is 5.98. The Morgan fingerprint density at radius 2 is 1.14 bits per heavy atom. The minimum atomic E-state index is -1.62. The summed E-state index contributed by atoms with van der Waals surface area (Å²) in [5, 5.41) is 64.1. The van der Waals surface area contributed by atoms with Gasteiger partial charge in [-0.3, -0.25) is 4.79 Å². The van der Waals surface area contributed by atoms with Crippen LogP contribution in [0.15, 0.2) is 36.5 Å². The van der Waals surface area contributed by atoms with Crippen LogP contribution in [0, 0.1) is 0 Å². The standard InChI is InChI=1S/C40H73NO9/c1-3-5-7-9-11-13-15-17-19-20-22-24-26-28-33(43)32(31-49-40-38(47)37(46)36(45)35(30-42)50-40)41-39(48)34(44)29-27-25-23-21-18-16-14-12-10-8-6-4-2/h19-20,26-29,32-38,40,42-47H,3-18,21-25,30-31H2,1-2H3,(H,41,48)/b20-19+,28-26+,29-27+/t32-,33-,34+,35+,36-,37+,38-,40-/m0/s1. The topological polar surface area (TPSA) is 169 Å². The number of rotatable bonds is 31. The van der Waals surface area contributed by atoms with E-state index >= 15 is 0 Å². The largest absolute Gasteiger partial charge is 0.394 e. The summed E-state index contributed by atoms with van der Waals surface area (Å²) < 4.78 is 11.0. The normalized spacial score (nSPS) is 23.2. The number of allylic oxidation sites excluding steroid dienone is 4. The molecule has 1 aliphatic heterocycles. The smallest absolute Gasteiger partial charge is 0.253 e. The number of amides is 1. The van der Waals surface area contributed by atoms with E-state index in [0.717, 1.165) is 32.1 Å². The lowest BCUT2D eigenvalue weighted by Gasteiger charge is -2.40. The average Bonchev–Trinajstić information content (AvgIpc) is 3.11. The lowest BCUT2D eigenvalue weighted by molar-refractivity contribution is -0.302. The Kier molecular flexibility index (Phi) is 28.7. The van der Waals surface area contributed by atoms with Crippen molar-refractivity contribution in [3.63, 3.8) is 0 Å². The van der Waals surface area contributed by atoms with Gasteiger partial charge in [-0.1, -0.05) is 147 Å². The molecule has 0 saturated carbocycles. The molecule has 1 rings (SSSR count). The van der Waals surface area contributed by atoms with Crippen LogP contribution in [-0.4, -0.2) is 98.7 Å². The van der Waals surface area contributed by atoms with E-state index in [1.165, 1.54) is 102 Å². The maximum absolute atomic E-state index is 12.9. The minimum Gasteiger partial charge on any atom is -0.394 e. The highest BCUT2D eigenvalue weighted by atomic mass is 16.7.